The SMILES string of the molecule is CCNc1cccc(NCC2(C)CCN(C)CC2)n1. The summed E-state index contributed by atoms with van der Waals surface area (Å²) in [5.41, 5.74) is 0.391. The molecule has 0 unspecified atom stereocenters. The molecule has 1 aromatic heterocycles. The van der Waals surface area contributed by atoms with Crippen LogP contribution in [-0.2, 0) is 0 Å². The summed E-state index contributed by atoms with van der Waals surface area (Å²) in [5.74, 6) is 1.92. The minimum Gasteiger partial charge on any atom is -0.370 e. The van der Waals surface area contributed by atoms with Crippen LogP contribution in [0.1, 0.15) is 26.7 Å². The van der Waals surface area contributed by atoms with Crippen molar-refractivity contribution in [2.45, 2.75) is 26.7 Å². The number of anilines is 2. The van der Waals surface area contributed by atoms with Crippen molar-refractivity contribution in [2.75, 3.05) is 43.9 Å². The Morgan fingerprint density at radius 3 is 2.47 bits per heavy atom. The van der Waals surface area contributed by atoms with Crippen molar-refractivity contribution in [2.24, 2.45) is 5.41 Å². The van der Waals surface area contributed by atoms with E-state index < -0.39 is 0 Å². The summed E-state index contributed by atoms with van der Waals surface area (Å²) in [6.07, 6.45) is 2.51. The molecule has 0 amide bonds. The van der Waals surface area contributed by atoms with Crippen LogP contribution in [0.5, 0.6) is 0 Å². The maximum atomic E-state index is 4.56. The molecule has 0 aromatic carbocycles. The lowest BCUT2D eigenvalue weighted by molar-refractivity contribution is 0.150. The zero-order valence-corrected chi connectivity index (χ0v) is 12.4. The molecule has 1 saturated heterocycles. The maximum Gasteiger partial charge on any atom is 0.128 e. The molecular formula is C15H26N4. The van der Waals surface area contributed by atoms with Gasteiger partial charge >= 0.3 is 0 Å². The first-order valence-electron chi connectivity index (χ1n) is 7.25. The van der Waals surface area contributed by atoms with Crippen LogP contribution in [0.15, 0.2) is 18.2 Å². The van der Waals surface area contributed by atoms with E-state index in [0.717, 1.165) is 24.7 Å². The molecule has 1 aliphatic heterocycles. The second-order valence-corrected chi connectivity index (χ2v) is 5.91. The van der Waals surface area contributed by atoms with Gasteiger partial charge in [-0.25, -0.2) is 4.98 Å². The highest BCUT2D eigenvalue weighted by Gasteiger charge is 2.28. The maximum absolute atomic E-state index is 4.56. The standard InChI is InChI=1S/C15H26N4/c1-4-16-13-6-5-7-14(18-13)17-12-15(2)8-10-19(3)11-9-15/h5-7H,4,8-12H2,1-3H3,(H2,16,17,18). The van der Waals surface area contributed by atoms with Gasteiger partial charge in [0.2, 0.25) is 0 Å². The Bertz CT molecular complexity index is 397. The summed E-state index contributed by atoms with van der Waals surface area (Å²) < 4.78 is 0. The molecule has 4 heteroatoms. The van der Waals surface area contributed by atoms with Crippen LogP contribution in [-0.4, -0.2) is 43.1 Å². The topological polar surface area (TPSA) is 40.2 Å². The quantitative estimate of drug-likeness (QED) is 0.856. The summed E-state index contributed by atoms with van der Waals surface area (Å²) in [7, 11) is 2.20. The van der Waals surface area contributed by atoms with E-state index in [2.05, 4.69) is 41.4 Å². The molecule has 1 aromatic rings. The smallest absolute Gasteiger partial charge is 0.128 e. The molecule has 2 rings (SSSR count). The third-order valence-electron chi connectivity index (χ3n) is 4.00. The molecule has 0 saturated carbocycles. The van der Waals surface area contributed by atoms with Crippen LogP contribution >= 0.6 is 0 Å². The Hall–Kier alpha value is -1.29. The molecule has 4 nitrogen and oxygen atoms in total. The molecule has 0 aliphatic carbocycles. The van der Waals surface area contributed by atoms with Gasteiger partial charge in [-0.15, -0.1) is 0 Å². The average molecular weight is 262 g/mol. The Balaban J connectivity index is 1.89. The van der Waals surface area contributed by atoms with E-state index in [0.29, 0.717) is 5.41 Å². The number of piperidine rings is 1. The number of rotatable bonds is 5. The summed E-state index contributed by atoms with van der Waals surface area (Å²) in [4.78, 5) is 6.97. The van der Waals surface area contributed by atoms with Gasteiger partial charge in [-0.05, 0) is 57.5 Å². The molecule has 106 valence electrons. The lowest BCUT2D eigenvalue weighted by Crippen LogP contribution is -2.40. The monoisotopic (exact) mass is 262 g/mol. The van der Waals surface area contributed by atoms with Gasteiger partial charge in [0.15, 0.2) is 0 Å². The summed E-state index contributed by atoms with van der Waals surface area (Å²) in [6.45, 7) is 8.76. The number of hydrogen-bond donors (Lipinski definition) is 2. The van der Waals surface area contributed by atoms with E-state index in [1.165, 1.54) is 25.9 Å². The number of aromatic nitrogens is 1. The van der Waals surface area contributed by atoms with E-state index in [1.807, 2.05) is 18.2 Å². The molecule has 1 aliphatic rings. The summed E-state index contributed by atoms with van der Waals surface area (Å²) in [6, 6.07) is 6.09. The van der Waals surface area contributed by atoms with Crippen molar-refractivity contribution in [1.82, 2.24) is 9.88 Å². The Kier molecular flexibility index (Phi) is 4.64. The van der Waals surface area contributed by atoms with Gasteiger partial charge in [-0.2, -0.15) is 0 Å². The van der Waals surface area contributed by atoms with Crippen molar-refractivity contribution >= 4 is 11.6 Å². The van der Waals surface area contributed by atoms with Gasteiger partial charge in [-0.1, -0.05) is 13.0 Å². The second kappa shape index (κ2) is 6.24. The Morgan fingerprint density at radius 1 is 1.21 bits per heavy atom. The van der Waals surface area contributed by atoms with Gasteiger partial charge in [0, 0.05) is 13.1 Å². The molecule has 0 atom stereocenters. The van der Waals surface area contributed by atoms with Crippen LogP contribution in [0.3, 0.4) is 0 Å². The zero-order chi connectivity index (χ0) is 13.7. The predicted octanol–water partition coefficient (Wildman–Crippen LogP) is 2.66. The first kappa shape index (κ1) is 14.1. The van der Waals surface area contributed by atoms with E-state index in [1.54, 1.807) is 0 Å². The minimum atomic E-state index is 0.391. The van der Waals surface area contributed by atoms with Gasteiger partial charge in [0.25, 0.3) is 0 Å². The lowest BCUT2D eigenvalue weighted by atomic mass is 9.80. The van der Waals surface area contributed by atoms with Crippen molar-refractivity contribution in [3.05, 3.63) is 18.2 Å². The highest BCUT2D eigenvalue weighted by Crippen LogP contribution is 2.30. The van der Waals surface area contributed by atoms with Crippen molar-refractivity contribution in [3.8, 4) is 0 Å². The average Bonchev–Trinajstić information content (AvgIpc) is 2.41. The van der Waals surface area contributed by atoms with E-state index in [4.69, 9.17) is 0 Å². The molecule has 1 fully saturated rings. The zero-order valence-electron chi connectivity index (χ0n) is 12.4. The molecule has 2 N–H and O–H groups in total. The second-order valence-electron chi connectivity index (χ2n) is 5.91. The third-order valence-corrected chi connectivity index (χ3v) is 4.00. The van der Waals surface area contributed by atoms with Crippen molar-refractivity contribution < 1.29 is 0 Å². The van der Waals surface area contributed by atoms with Crippen molar-refractivity contribution in [3.63, 3.8) is 0 Å². The molecular weight excluding hydrogens is 236 g/mol. The van der Waals surface area contributed by atoms with Gasteiger partial charge < -0.3 is 15.5 Å². The van der Waals surface area contributed by atoms with Crippen LogP contribution in [0.4, 0.5) is 11.6 Å². The molecule has 0 bridgehead atoms. The molecule has 2 heterocycles. The predicted molar refractivity (Wildman–Crippen MR) is 81.7 cm³/mol. The van der Waals surface area contributed by atoms with E-state index >= 15 is 0 Å². The van der Waals surface area contributed by atoms with Gasteiger partial charge in [0.05, 0.1) is 0 Å². The normalized spacial score (nSPS) is 19.1. The van der Waals surface area contributed by atoms with Crippen molar-refractivity contribution in [1.29, 1.82) is 0 Å². The lowest BCUT2D eigenvalue weighted by Gasteiger charge is -2.38. The van der Waals surface area contributed by atoms with Crippen LogP contribution in [0.25, 0.3) is 0 Å². The van der Waals surface area contributed by atoms with Crippen LogP contribution < -0.4 is 10.6 Å². The third kappa shape index (κ3) is 4.10. The fraction of sp³-hybridized carbons (Fsp3) is 0.667. The molecule has 19 heavy (non-hydrogen) atoms. The van der Waals surface area contributed by atoms with E-state index in [-0.39, 0.29) is 0 Å². The fourth-order valence-electron chi connectivity index (χ4n) is 2.45. The number of hydrogen-bond acceptors (Lipinski definition) is 4. The van der Waals surface area contributed by atoms with E-state index in [9.17, 15) is 0 Å². The van der Waals surface area contributed by atoms with Gasteiger partial charge in [0.1, 0.15) is 11.6 Å². The highest BCUT2D eigenvalue weighted by atomic mass is 15.1. The molecule has 0 radical (unpaired) electrons. The number of likely N-dealkylation sites (tertiary alicyclic amines) is 1. The van der Waals surface area contributed by atoms with Crippen LogP contribution in [0, 0.1) is 5.41 Å². The number of nitrogens with zero attached hydrogens (tertiary/aromatic N) is 2. The van der Waals surface area contributed by atoms with Crippen LogP contribution in [0.2, 0.25) is 0 Å². The fourth-order valence-corrected chi connectivity index (χ4v) is 2.45. The molecule has 0 spiro atoms. The Labute approximate surface area is 116 Å². The highest BCUT2D eigenvalue weighted by molar-refractivity contribution is 5.45. The largest absolute Gasteiger partial charge is 0.370 e. The number of pyridine rings is 1. The minimum absolute atomic E-state index is 0.391. The Morgan fingerprint density at radius 2 is 1.84 bits per heavy atom. The first-order valence-corrected chi connectivity index (χ1v) is 7.25. The summed E-state index contributed by atoms with van der Waals surface area (Å²) >= 11 is 0. The number of nitrogens with one attached hydrogen (secondary N) is 2. The first-order chi connectivity index (χ1) is 9.11. The van der Waals surface area contributed by atoms with Gasteiger partial charge in [-0.3, -0.25) is 0 Å². The summed E-state index contributed by atoms with van der Waals surface area (Å²) in [5, 5.41) is 6.74.